The maximum atomic E-state index is 13.0. The zero-order valence-electron chi connectivity index (χ0n) is 14.1. The first kappa shape index (κ1) is 15.3. The van der Waals surface area contributed by atoms with Crippen molar-refractivity contribution in [1.82, 2.24) is 30.0 Å². The van der Waals surface area contributed by atoms with Crippen molar-refractivity contribution >= 4 is 5.91 Å². The molecule has 0 radical (unpaired) electrons. The van der Waals surface area contributed by atoms with Gasteiger partial charge in [0.25, 0.3) is 5.91 Å². The highest BCUT2D eigenvalue weighted by molar-refractivity contribution is 5.93. The molecule has 0 saturated carbocycles. The third-order valence-electron chi connectivity index (χ3n) is 5.14. The van der Waals surface area contributed by atoms with Crippen LogP contribution in [0.3, 0.4) is 0 Å². The van der Waals surface area contributed by atoms with Crippen LogP contribution in [0, 0.1) is 0 Å². The smallest absolute Gasteiger partial charge is 0.292 e. The molecule has 8 heteroatoms. The fraction of sp³-hybridized carbons (Fsp3) is 0.625. The Hall–Kier alpha value is -2.22. The van der Waals surface area contributed by atoms with Gasteiger partial charge in [-0.2, -0.15) is 0 Å². The van der Waals surface area contributed by atoms with E-state index in [2.05, 4.69) is 20.4 Å². The van der Waals surface area contributed by atoms with Crippen molar-refractivity contribution in [3.8, 4) is 0 Å². The van der Waals surface area contributed by atoms with Crippen LogP contribution in [-0.4, -0.2) is 69.1 Å². The van der Waals surface area contributed by atoms with Crippen LogP contribution in [-0.2, 0) is 12.8 Å². The lowest BCUT2D eigenvalue weighted by Crippen LogP contribution is -2.37. The molecule has 4 rings (SSSR count). The lowest BCUT2D eigenvalue weighted by atomic mass is 9.96. The summed E-state index contributed by atoms with van der Waals surface area (Å²) in [7, 11) is 4.05. The first-order chi connectivity index (χ1) is 11.6. The van der Waals surface area contributed by atoms with Crippen molar-refractivity contribution < 1.29 is 9.32 Å². The summed E-state index contributed by atoms with van der Waals surface area (Å²) in [4.78, 5) is 17.0. The van der Waals surface area contributed by atoms with Crippen LogP contribution < -0.4 is 0 Å². The maximum Gasteiger partial charge on any atom is 0.292 e. The molecule has 0 aromatic carbocycles. The molecule has 1 saturated heterocycles. The second kappa shape index (κ2) is 6.01. The fourth-order valence-corrected chi connectivity index (χ4v) is 3.80. The van der Waals surface area contributed by atoms with Crippen molar-refractivity contribution in [2.24, 2.45) is 0 Å². The van der Waals surface area contributed by atoms with Crippen LogP contribution in [0.25, 0.3) is 0 Å². The Morgan fingerprint density at radius 3 is 2.88 bits per heavy atom. The minimum absolute atomic E-state index is 0.0554. The minimum Gasteiger partial charge on any atom is -0.350 e. The van der Waals surface area contributed by atoms with Gasteiger partial charge in [0.05, 0.1) is 24.0 Å². The summed E-state index contributed by atoms with van der Waals surface area (Å²) < 4.78 is 7.26. The standard InChI is InChI=1S/C16H22N6O2/c1-20(2)13-9-21(10-14(13)22-8-7-17-19-22)16(23)15-11-5-3-4-6-12(11)18-24-15/h7-8,13-14H,3-6,9-10H2,1-2H3/t13-,14+/m1/s1. The quantitative estimate of drug-likeness (QED) is 0.827. The Bertz CT molecular complexity index is 723. The topological polar surface area (TPSA) is 80.3 Å². The molecule has 0 unspecified atom stereocenters. The number of amides is 1. The highest BCUT2D eigenvalue weighted by Crippen LogP contribution is 2.29. The van der Waals surface area contributed by atoms with E-state index in [1.165, 1.54) is 0 Å². The third-order valence-corrected chi connectivity index (χ3v) is 5.14. The number of aryl methyl sites for hydroxylation is 1. The number of likely N-dealkylation sites (tertiary alicyclic amines) is 1. The molecule has 3 heterocycles. The summed E-state index contributed by atoms with van der Waals surface area (Å²) in [5.41, 5.74) is 1.97. The Morgan fingerprint density at radius 1 is 1.29 bits per heavy atom. The van der Waals surface area contributed by atoms with Crippen LogP contribution in [0.15, 0.2) is 16.9 Å². The lowest BCUT2D eigenvalue weighted by molar-refractivity contribution is 0.0738. The molecule has 1 aliphatic heterocycles. The summed E-state index contributed by atoms with van der Waals surface area (Å²) >= 11 is 0. The molecule has 0 bridgehead atoms. The molecule has 2 aromatic rings. The second-order valence-corrected chi connectivity index (χ2v) is 6.84. The van der Waals surface area contributed by atoms with Crippen LogP contribution in [0.1, 0.15) is 40.7 Å². The van der Waals surface area contributed by atoms with Gasteiger partial charge in [0, 0.05) is 24.8 Å². The molecule has 8 nitrogen and oxygen atoms in total. The molecule has 0 spiro atoms. The summed E-state index contributed by atoms with van der Waals surface area (Å²) in [6.07, 6.45) is 7.53. The number of rotatable bonds is 3. The Morgan fingerprint density at radius 2 is 2.12 bits per heavy atom. The minimum atomic E-state index is -0.0554. The summed E-state index contributed by atoms with van der Waals surface area (Å²) in [5.74, 6) is 0.376. The number of carbonyl (C=O) groups excluding carboxylic acids is 1. The number of nitrogens with zero attached hydrogens (tertiary/aromatic N) is 6. The van der Waals surface area contributed by atoms with Gasteiger partial charge in [-0.25, -0.2) is 4.68 Å². The monoisotopic (exact) mass is 330 g/mol. The number of hydrogen-bond donors (Lipinski definition) is 0. The zero-order valence-corrected chi connectivity index (χ0v) is 14.1. The van der Waals surface area contributed by atoms with Gasteiger partial charge < -0.3 is 14.3 Å². The van der Waals surface area contributed by atoms with Gasteiger partial charge in [0.2, 0.25) is 5.76 Å². The maximum absolute atomic E-state index is 13.0. The molecular weight excluding hydrogens is 308 g/mol. The molecule has 1 aliphatic carbocycles. The molecule has 1 amide bonds. The Balaban J connectivity index is 1.58. The normalized spacial score (nSPS) is 23.7. The largest absolute Gasteiger partial charge is 0.350 e. The first-order valence-corrected chi connectivity index (χ1v) is 8.44. The predicted molar refractivity (Wildman–Crippen MR) is 85.6 cm³/mol. The van der Waals surface area contributed by atoms with Crippen molar-refractivity contribution in [3.05, 3.63) is 29.4 Å². The molecule has 1 fully saturated rings. The van der Waals surface area contributed by atoms with Gasteiger partial charge in [-0.15, -0.1) is 5.10 Å². The summed E-state index contributed by atoms with van der Waals surface area (Å²) in [5, 5.41) is 12.1. The molecule has 24 heavy (non-hydrogen) atoms. The van der Waals surface area contributed by atoms with E-state index in [0.717, 1.165) is 36.9 Å². The van der Waals surface area contributed by atoms with Crippen molar-refractivity contribution in [3.63, 3.8) is 0 Å². The van der Waals surface area contributed by atoms with Crippen molar-refractivity contribution in [2.75, 3.05) is 27.2 Å². The molecule has 2 aromatic heterocycles. The number of hydrogen-bond acceptors (Lipinski definition) is 6. The van der Waals surface area contributed by atoms with E-state index >= 15 is 0 Å². The molecule has 0 N–H and O–H groups in total. The predicted octanol–water partition coefficient (Wildman–Crippen LogP) is 0.772. The first-order valence-electron chi connectivity index (χ1n) is 8.44. The number of fused-ring (bicyclic) bond motifs is 1. The lowest BCUT2D eigenvalue weighted by Gasteiger charge is -2.24. The fourth-order valence-electron chi connectivity index (χ4n) is 3.80. The molecule has 128 valence electrons. The molecular formula is C16H22N6O2. The summed E-state index contributed by atoms with van der Waals surface area (Å²) in [6, 6.07) is 0.277. The van der Waals surface area contributed by atoms with Crippen molar-refractivity contribution in [1.29, 1.82) is 0 Å². The highest BCUT2D eigenvalue weighted by Gasteiger charge is 2.40. The zero-order chi connectivity index (χ0) is 16.7. The van der Waals surface area contributed by atoms with Gasteiger partial charge in [0.15, 0.2) is 0 Å². The van der Waals surface area contributed by atoms with E-state index in [9.17, 15) is 4.79 Å². The molecule has 2 atom stereocenters. The van der Waals surface area contributed by atoms with Gasteiger partial charge in [-0.1, -0.05) is 10.4 Å². The SMILES string of the molecule is CN(C)[C@@H]1CN(C(=O)c2onc3c2CCCC3)C[C@@H]1n1ccnn1. The number of carbonyl (C=O) groups is 1. The second-order valence-electron chi connectivity index (χ2n) is 6.84. The average molecular weight is 330 g/mol. The average Bonchev–Trinajstić information content (AvgIpc) is 3.31. The van der Waals surface area contributed by atoms with Crippen molar-refractivity contribution in [2.45, 2.75) is 37.8 Å². The highest BCUT2D eigenvalue weighted by atomic mass is 16.5. The van der Waals surface area contributed by atoms with Gasteiger partial charge in [-0.05, 0) is 39.8 Å². The van der Waals surface area contributed by atoms with Gasteiger partial charge in [0.1, 0.15) is 0 Å². The van der Waals surface area contributed by atoms with E-state index < -0.39 is 0 Å². The van der Waals surface area contributed by atoms with Gasteiger partial charge in [-0.3, -0.25) is 4.79 Å². The van der Waals surface area contributed by atoms with Crippen LogP contribution in [0.5, 0.6) is 0 Å². The van der Waals surface area contributed by atoms with Gasteiger partial charge >= 0.3 is 0 Å². The van der Waals surface area contributed by atoms with E-state index in [-0.39, 0.29) is 18.0 Å². The number of likely N-dealkylation sites (N-methyl/N-ethyl adjacent to an activating group) is 1. The van der Waals surface area contributed by atoms with Crippen LogP contribution in [0.2, 0.25) is 0 Å². The van der Waals surface area contributed by atoms with E-state index in [4.69, 9.17) is 4.52 Å². The Kier molecular flexibility index (Phi) is 3.84. The summed E-state index contributed by atoms with van der Waals surface area (Å²) in [6.45, 7) is 1.24. The third kappa shape index (κ3) is 2.50. The number of aromatic nitrogens is 4. The molecule has 2 aliphatic rings. The van der Waals surface area contributed by atoms with E-state index in [1.807, 2.05) is 29.9 Å². The van der Waals surface area contributed by atoms with Crippen LogP contribution >= 0.6 is 0 Å². The Labute approximate surface area is 140 Å². The van der Waals surface area contributed by atoms with E-state index in [0.29, 0.717) is 18.8 Å². The van der Waals surface area contributed by atoms with E-state index in [1.54, 1.807) is 6.20 Å². The van der Waals surface area contributed by atoms with Crippen LogP contribution in [0.4, 0.5) is 0 Å².